The minimum atomic E-state index is -0.508. The molecular formula is C9H7FN4. The van der Waals surface area contributed by atoms with E-state index >= 15 is 0 Å². The number of nitrogens with two attached hydrogens (primary N) is 2. The molecule has 0 radical (unpaired) electrons. The Labute approximate surface area is 79.3 Å². The average molecular weight is 190 g/mol. The number of rotatable bonds is 0. The summed E-state index contributed by atoms with van der Waals surface area (Å²) in [4.78, 5) is 0.989. The number of hydrogen-bond donors (Lipinski definition) is 2. The lowest BCUT2D eigenvalue weighted by Crippen LogP contribution is -2.11. The molecule has 4 nitrogen and oxygen atoms in total. The fourth-order valence-corrected chi connectivity index (χ4v) is 1.37. The zero-order valence-corrected chi connectivity index (χ0v) is 7.16. The molecule has 0 aliphatic heterocycles. The van der Waals surface area contributed by atoms with Gasteiger partial charge in [0, 0.05) is 5.39 Å². The molecule has 1 aromatic carbocycles. The van der Waals surface area contributed by atoms with E-state index in [1.54, 1.807) is 0 Å². The zero-order valence-electron chi connectivity index (χ0n) is 7.16. The number of nitrogen functional groups attached to an aromatic ring is 2. The van der Waals surface area contributed by atoms with Gasteiger partial charge in [-0.25, -0.2) is 4.39 Å². The van der Waals surface area contributed by atoms with Crippen molar-refractivity contribution in [2.45, 2.75) is 0 Å². The molecule has 2 aromatic rings. The van der Waals surface area contributed by atoms with Gasteiger partial charge in [-0.2, -0.15) is 4.79 Å². The molecule has 5 heteroatoms. The fourth-order valence-electron chi connectivity index (χ4n) is 1.37. The highest BCUT2D eigenvalue weighted by Gasteiger charge is 2.12. The summed E-state index contributed by atoms with van der Waals surface area (Å²) < 4.78 is 13.2. The molecule has 1 aromatic heterocycles. The molecule has 0 bridgehead atoms. The van der Waals surface area contributed by atoms with E-state index in [0.717, 1.165) is 4.79 Å². The predicted octanol–water partition coefficient (Wildman–Crippen LogP) is 0.453. The SMILES string of the molecule is C#Cc1c(F)ccc2c(N)nn(N)c12. The lowest BCUT2D eigenvalue weighted by Gasteiger charge is -1.98. The number of fused-ring (bicyclic) bond motifs is 1. The standard InChI is InChI=1S/C9H7FN4/c1-2-5-7(10)4-3-6-8(5)14(12)13-9(6)11/h1,3-4H,12H2,(H2,11,13). The van der Waals surface area contributed by atoms with Crippen LogP contribution in [0.1, 0.15) is 5.56 Å². The zero-order chi connectivity index (χ0) is 10.3. The van der Waals surface area contributed by atoms with Crippen LogP contribution in [0.4, 0.5) is 10.2 Å². The number of anilines is 1. The Morgan fingerprint density at radius 2 is 2.21 bits per heavy atom. The average Bonchev–Trinajstić information content (AvgIpc) is 2.43. The molecular weight excluding hydrogens is 183 g/mol. The third-order valence-electron chi connectivity index (χ3n) is 1.99. The molecule has 0 amide bonds. The van der Waals surface area contributed by atoms with Gasteiger partial charge in [0.1, 0.15) is 11.3 Å². The molecule has 0 aliphatic carbocycles. The summed E-state index contributed by atoms with van der Waals surface area (Å²) in [6.07, 6.45) is 5.17. The predicted molar refractivity (Wildman–Crippen MR) is 52.2 cm³/mol. The molecule has 0 aliphatic rings. The summed E-state index contributed by atoms with van der Waals surface area (Å²) in [7, 11) is 0. The van der Waals surface area contributed by atoms with Crippen molar-refractivity contribution < 1.29 is 4.39 Å². The van der Waals surface area contributed by atoms with Gasteiger partial charge in [-0.15, -0.1) is 11.5 Å². The lowest BCUT2D eigenvalue weighted by atomic mass is 10.1. The van der Waals surface area contributed by atoms with E-state index in [2.05, 4.69) is 11.0 Å². The van der Waals surface area contributed by atoms with Gasteiger partial charge in [-0.1, -0.05) is 5.92 Å². The van der Waals surface area contributed by atoms with Crippen molar-refractivity contribution in [1.29, 1.82) is 0 Å². The van der Waals surface area contributed by atoms with Gasteiger partial charge in [0.2, 0.25) is 0 Å². The van der Waals surface area contributed by atoms with Crippen molar-refractivity contribution in [1.82, 2.24) is 9.89 Å². The summed E-state index contributed by atoms with van der Waals surface area (Å²) in [6.45, 7) is 0. The Kier molecular flexibility index (Phi) is 1.58. The fraction of sp³-hybridized carbons (Fsp3) is 0. The highest BCUT2D eigenvalue weighted by Crippen LogP contribution is 2.23. The number of hydrogen-bond acceptors (Lipinski definition) is 3. The number of terminal acetylenes is 1. The Morgan fingerprint density at radius 1 is 1.50 bits per heavy atom. The van der Waals surface area contributed by atoms with Gasteiger partial charge in [-0.05, 0) is 12.1 Å². The minimum absolute atomic E-state index is 0.0780. The van der Waals surface area contributed by atoms with Gasteiger partial charge in [0.05, 0.1) is 5.56 Å². The smallest absolute Gasteiger partial charge is 0.155 e. The third kappa shape index (κ3) is 0.910. The molecule has 1 heterocycles. The van der Waals surface area contributed by atoms with Crippen LogP contribution in [-0.4, -0.2) is 9.89 Å². The second-order valence-corrected chi connectivity index (χ2v) is 2.79. The van der Waals surface area contributed by atoms with Gasteiger partial charge in [-0.3, -0.25) is 0 Å². The molecule has 0 saturated heterocycles. The van der Waals surface area contributed by atoms with Crippen LogP contribution in [0.3, 0.4) is 0 Å². The Bertz CT molecular complexity index is 550. The van der Waals surface area contributed by atoms with Crippen LogP contribution in [0, 0.1) is 18.2 Å². The highest BCUT2D eigenvalue weighted by molar-refractivity contribution is 5.93. The van der Waals surface area contributed by atoms with Gasteiger partial charge < -0.3 is 11.6 Å². The third-order valence-corrected chi connectivity index (χ3v) is 1.99. The number of benzene rings is 1. The topological polar surface area (TPSA) is 69.9 Å². The quantitative estimate of drug-likeness (QED) is 0.468. The molecule has 4 N–H and O–H groups in total. The van der Waals surface area contributed by atoms with E-state index in [1.165, 1.54) is 12.1 Å². The van der Waals surface area contributed by atoms with Crippen molar-refractivity contribution in [3.8, 4) is 12.3 Å². The van der Waals surface area contributed by atoms with E-state index in [1.807, 2.05) is 0 Å². The second kappa shape index (κ2) is 2.64. The van der Waals surface area contributed by atoms with Crippen LogP contribution in [0.15, 0.2) is 12.1 Å². The molecule has 0 fully saturated rings. The Hall–Kier alpha value is -2.22. The lowest BCUT2D eigenvalue weighted by molar-refractivity contribution is 0.625. The summed E-state index contributed by atoms with van der Waals surface area (Å²) >= 11 is 0. The maximum Gasteiger partial charge on any atom is 0.155 e. The van der Waals surface area contributed by atoms with Gasteiger partial charge in [0.25, 0.3) is 0 Å². The molecule has 0 spiro atoms. The van der Waals surface area contributed by atoms with E-state index in [9.17, 15) is 4.39 Å². The van der Waals surface area contributed by atoms with Crippen LogP contribution in [-0.2, 0) is 0 Å². The first kappa shape index (κ1) is 8.38. The summed E-state index contributed by atoms with van der Waals surface area (Å²) in [5.41, 5.74) is 5.96. The van der Waals surface area contributed by atoms with Crippen LogP contribution < -0.4 is 11.6 Å². The van der Waals surface area contributed by atoms with E-state index in [0.29, 0.717) is 10.9 Å². The first-order chi connectivity index (χ1) is 6.65. The van der Waals surface area contributed by atoms with Gasteiger partial charge in [0.15, 0.2) is 5.82 Å². The molecule has 0 saturated carbocycles. The molecule has 70 valence electrons. The van der Waals surface area contributed by atoms with Crippen molar-refractivity contribution in [2.75, 3.05) is 11.6 Å². The van der Waals surface area contributed by atoms with Crippen LogP contribution in [0.25, 0.3) is 10.9 Å². The molecule has 0 unspecified atom stereocenters. The number of aromatic nitrogens is 2. The maximum absolute atomic E-state index is 13.2. The highest BCUT2D eigenvalue weighted by atomic mass is 19.1. The van der Waals surface area contributed by atoms with Crippen LogP contribution in [0.2, 0.25) is 0 Å². The summed E-state index contributed by atoms with van der Waals surface area (Å²) in [5, 5.41) is 4.31. The summed E-state index contributed by atoms with van der Waals surface area (Å²) in [6, 6.07) is 2.74. The van der Waals surface area contributed by atoms with Crippen LogP contribution >= 0.6 is 0 Å². The first-order valence-electron chi connectivity index (χ1n) is 3.83. The van der Waals surface area contributed by atoms with Crippen molar-refractivity contribution in [2.24, 2.45) is 0 Å². The molecule has 14 heavy (non-hydrogen) atoms. The van der Waals surface area contributed by atoms with Crippen molar-refractivity contribution in [3.05, 3.63) is 23.5 Å². The molecule has 0 atom stereocenters. The van der Waals surface area contributed by atoms with Crippen molar-refractivity contribution >= 4 is 16.7 Å². The molecule has 2 rings (SSSR count). The maximum atomic E-state index is 13.2. The normalized spacial score (nSPS) is 10.3. The largest absolute Gasteiger partial charge is 0.382 e. The van der Waals surface area contributed by atoms with E-state index in [4.69, 9.17) is 18.0 Å². The van der Waals surface area contributed by atoms with Gasteiger partial charge >= 0.3 is 0 Å². The van der Waals surface area contributed by atoms with E-state index < -0.39 is 5.82 Å². The second-order valence-electron chi connectivity index (χ2n) is 2.79. The Balaban J connectivity index is 3.02. The summed E-state index contributed by atoms with van der Waals surface area (Å²) in [5.74, 6) is 7.43. The van der Waals surface area contributed by atoms with Crippen molar-refractivity contribution in [3.63, 3.8) is 0 Å². The first-order valence-corrected chi connectivity index (χ1v) is 3.83. The number of nitrogens with zero attached hydrogens (tertiary/aromatic N) is 2. The van der Waals surface area contributed by atoms with E-state index in [-0.39, 0.29) is 11.4 Å². The Morgan fingerprint density at radius 3 is 2.86 bits per heavy atom. The number of halogens is 1. The monoisotopic (exact) mass is 190 g/mol. The minimum Gasteiger partial charge on any atom is -0.382 e. The van der Waals surface area contributed by atoms with Crippen LogP contribution in [0.5, 0.6) is 0 Å².